The van der Waals surface area contributed by atoms with Crippen LogP contribution in [0.2, 0.25) is 5.02 Å². The second kappa shape index (κ2) is 9.97. The lowest BCUT2D eigenvalue weighted by atomic mass is 10.0. The van der Waals surface area contributed by atoms with E-state index in [9.17, 15) is 4.39 Å². The molecule has 0 aliphatic heterocycles. The topological polar surface area (TPSA) is 9.23 Å². The van der Waals surface area contributed by atoms with Gasteiger partial charge in [0.2, 0.25) is 0 Å². The summed E-state index contributed by atoms with van der Waals surface area (Å²) in [6.45, 7) is 2.94. The van der Waals surface area contributed by atoms with E-state index in [-0.39, 0.29) is 0 Å². The number of unbranched alkanes of at least 4 members (excludes halogenated alkanes) is 2. The number of hydrogen-bond acceptors (Lipinski definition) is 1. The molecule has 0 amide bonds. The lowest BCUT2D eigenvalue weighted by Crippen LogP contribution is -1.96. The molecule has 0 bridgehead atoms. The van der Waals surface area contributed by atoms with Crippen LogP contribution in [0.3, 0.4) is 0 Å². The first-order chi connectivity index (χ1) is 13.7. The zero-order valence-corrected chi connectivity index (χ0v) is 16.6. The molecule has 28 heavy (non-hydrogen) atoms. The van der Waals surface area contributed by atoms with Gasteiger partial charge < -0.3 is 4.74 Å². The van der Waals surface area contributed by atoms with Crippen LogP contribution in [0.5, 0.6) is 5.75 Å². The van der Waals surface area contributed by atoms with Gasteiger partial charge in [0, 0.05) is 10.6 Å². The summed E-state index contributed by atoms with van der Waals surface area (Å²) in [5, 5.41) is 0.366. The monoisotopic (exact) mass is 392 g/mol. The molecule has 0 fully saturated rings. The first-order valence-electron chi connectivity index (χ1n) is 9.46. The smallest absolute Gasteiger partial charge is 0.140 e. The van der Waals surface area contributed by atoms with E-state index in [1.165, 1.54) is 18.9 Å². The van der Waals surface area contributed by atoms with Crippen LogP contribution in [0.15, 0.2) is 66.7 Å². The third-order valence-corrected chi connectivity index (χ3v) is 4.60. The van der Waals surface area contributed by atoms with Crippen LogP contribution in [0.25, 0.3) is 11.1 Å². The molecule has 0 atom stereocenters. The molecule has 1 nitrogen and oxygen atoms in total. The molecule has 0 spiro atoms. The van der Waals surface area contributed by atoms with Crippen molar-refractivity contribution in [1.29, 1.82) is 0 Å². The highest BCUT2D eigenvalue weighted by Gasteiger charge is 2.01. The van der Waals surface area contributed by atoms with Crippen molar-refractivity contribution >= 4 is 11.6 Å². The normalized spacial score (nSPS) is 10.2. The van der Waals surface area contributed by atoms with Gasteiger partial charge in [-0.05, 0) is 60.0 Å². The molecule has 0 saturated heterocycles. The highest BCUT2D eigenvalue weighted by molar-refractivity contribution is 6.30. The number of benzene rings is 3. The van der Waals surface area contributed by atoms with Gasteiger partial charge in [-0.2, -0.15) is 0 Å². The highest BCUT2D eigenvalue weighted by atomic mass is 35.5. The Hall–Kier alpha value is -2.76. The molecule has 0 saturated carbocycles. The Morgan fingerprint density at radius 1 is 0.857 bits per heavy atom. The molecule has 142 valence electrons. The average molecular weight is 393 g/mol. The van der Waals surface area contributed by atoms with Crippen LogP contribution < -0.4 is 4.74 Å². The number of rotatable bonds is 6. The minimum absolute atomic E-state index is 0.336. The summed E-state index contributed by atoms with van der Waals surface area (Å²) in [5.41, 5.74) is 3.38. The van der Waals surface area contributed by atoms with Crippen molar-refractivity contribution in [1.82, 2.24) is 0 Å². The van der Waals surface area contributed by atoms with Gasteiger partial charge in [0.25, 0.3) is 0 Å². The highest BCUT2D eigenvalue weighted by Crippen LogP contribution is 2.23. The molecule has 0 aromatic heterocycles. The molecule has 0 heterocycles. The van der Waals surface area contributed by atoms with Crippen molar-refractivity contribution in [3.63, 3.8) is 0 Å². The van der Waals surface area contributed by atoms with E-state index in [1.54, 1.807) is 12.1 Å². The largest absolute Gasteiger partial charge is 0.494 e. The van der Waals surface area contributed by atoms with Crippen molar-refractivity contribution < 1.29 is 9.13 Å². The maximum absolute atomic E-state index is 13.8. The first-order valence-corrected chi connectivity index (χ1v) is 9.84. The van der Waals surface area contributed by atoms with Gasteiger partial charge in [-0.25, -0.2) is 4.39 Å². The van der Waals surface area contributed by atoms with Crippen molar-refractivity contribution in [3.8, 4) is 28.7 Å². The fourth-order valence-corrected chi connectivity index (χ4v) is 2.92. The van der Waals surface area contributed by atoms with Crippen LogP contribution in [-0.4, -0.2) is 6.61 Å². The molecule has 3 heteroatoms. The molecule has 3 aromatic carbocycles. The molecule has 0 aliphatic carbocycles. The van der Waals surface area contributed by atoms with Gasteiger partial charge >= 0.3 is 0 Å². The second-order valence-corrected chi connectivity index (χ2v) is 6.97. The molecule has 3 rings (SSSR count). The summed E-state index contributed by atoms with van der Waals surface area (Å²) < 4.78 is 19.5. The Morgan fingerprint density at radius 2 is 1.54 bits per heavy atom. The number of hydrogen-bond donors (Lipinski definition) is 0. The summed E-state index contributed by atoms with van der Waals surface area (Å²) in [5.74, 6) is 6.33. The molecule has 3 aromatic rings. The number of halogens is 2. The Kier molecular flexibility index (Phi) is 7.12. The van der Waals surface area contributed by atoms with E-state index in [4.69, 9.17) is 16.3 Å². The summed E-state index contributed by atoms with van der Waals surface area (Å²) in [7, 11) is 0. The predicted molar refractivity (Wildman–Crippen MR) is 114 cm³/mol. The maximum atomic E-state index is 13.8. The van der Waals surface area contributed by atoms with E-state index in [2.05, 4.69) is 30.9 Å². The Balaban J connectivity index is 1.65. The van der Waals surface area contributed by atoms with Crippen molar-refractivity contribution in [2.24, 2.45) is 0 Å². The van der Waals surface area contributed by atoms with Crippen molar-refractivity contribution in [2.45, 2.75) is 26.2 Å². The van der Waals surface area contributed by atoms with Gasteiger partial charge in [-0.1, -0.05) is 67.5 Å². The van der Waals surface area contributed by atoms with Crippen molar-refractivity contribution in [3.05, 3.63) is 88.7 Å². The van der Waals surface area contributed by atoms with Gasteiger partial charge in [0.05, 0.1) is 12.2 Å². The van der Waals surface area contributed by atoms with E-state index in [0.717, 1.165) is 35.5 Å². The minimum Gasteiger partial charge on any atom is -0.494 e. The molecule has 0 radical (unpaired) electrons. The zero-order valence-electron chi connectivity index (χ0n) is 15.8. The Bertz CT molecular complexity index is 966. The van der Waals surface area contributed by atoms with Crippen LogP contribution in [0, 0.1) is 17.7 Å². The summed E-state index contributed by atoms with van der Waals surface area (Å²) in [4.78, 5) is 0. The van der Waals surface area contributed by atoms with Crippen LogP contribution in [0.4, 0.5) is 4.39 Å². The second-order valence-electron chi connectivity index (χ2n) is 6.53. The maximum Gasteiger partial charge on any atom is 0.140 e. The van der Waals surface area contributed by atoms with Gasteiger partial charge in [-0.3, -0.25) is 0 Å². The van der Waals surface area contributed by atoms with Crippen LogP contribution >= 0.6 is 11.6 Å². The molecular formula is C25H22ClFO. The van der Waals surface area contributed by atoms with E-state index in [0.29, 0.717) is 10.6 Å². The number of ether oxygens (including phenoxy) is 1. The molecule has 0 aliphatic rings. The van der Waals surface area contributed by atoms with E-state index < -0.39 is 5.82 Å². The van der Waals surface area contributed by atoms with E-state index >= 15 is 0 Å². The zero-order chi connectivity index (χ0) is 19.8. The first kappa shape index (κ1) is 20.0. The standard InChI is InChI=1S/C25H22ClFO/c1-2-3-4-17-28-24-15-12-21(13-16-24)20-8-5-19(6-9-20)7-10-22-11-14-23(26)18-25(22)27/h5-6,8-9,11-16,18H,2-4,17H2,1H3. The van der Waals surface area contributed by atoms with Crippen molar-refractivity contribution in [2.75, 3.05) is 6.61 Å². The van der Waals surface area contributed by atoms with E-state index in [1.807, 2.05) is 36.4 Å². The molecule has 0 unspecified atom stereocenters. The Morgan fingerprint density at radius 3 is 2.18 bits per heavy atom. The molecule has 0 N–H and O–H groups in total. The average Bonchev–Trinajstić information content (AvgIpc) is 2.72. The SMILES string of the molecule is CCCCCOc1ccc(-c2ccc(C#Cc3ccc(Cl)cc3F)cc2)cc1. The fraction of sp³-hybridized carbons (Fsp3) is 0.200. The lowest BCUT2D eigenvalue weighted by Gasteiger charge is -2.07. The lowest BCUT2D eigenvalue weighted by molar-refractivity contribution is 0.306. The third kappa shape index (κ3) is 5.62. The Labute approximate surface area is 171 Å². The fourth-order valence-electron chi connectivity index (χ4n) is 2.76. The third-order valence-electron chi connectivity index (χ3n) is 4.36. The summed E-state index contributed by atoms with van der Waals surface area (Å²) in [6, 6.07) is 20.5. The molecular weight excluding hydrogens is 371 g/mol. The van der Waals surface area contributed by atoms with Gasteiger partial charge in [0.15, 0.2) is 0 Å². The van der Waals surface area contributed by atoms with Gasteiger partial charge in [-0.15, -0.1) is 0 Å². The minimum atomic E-state index is -0.409. The van der Waals surface area contributed by atoms with Gasteiger partial charge in [0.1, 0.15) is 11.6 Å². The van der Waals surface area contributed by atoms with Crippen LogP contribution in [-0.2, 0) is 0 Å². The summed E-state index contributed by atoms with van der Waals surface area (Å²) in [6.07, 6.45) is 3.47. The summed E-state index contributed by atoms with van der Waals surface area (Å²) >= 11 is 5.76. The predicted octanol–water partition coefficient (Wildman–Crippen LogP) is 7.11. The quantitative estimate of drug-likeness (QED) is 0.320. The van der Waals surface area contributed by atoms with Crippen LogP contribution in [0.1, 0.15) is 37.3 Å².